The van der Waals surface area contributed by atoms with Gasteiger partial charge in [-0.3, -0.25) is 0 Å². The summed E-state index contributed by atoms with van der Waals surface area (Å²) in [6.45, 7) is 6.56. The first-order valence-electron chi connectivity index (χ1n) is 12.2. The van der Waals surface area contributed by atoms with E-state index in [2.05, 4.69) is 20.8 Å². The fourth-order valence-electron chi connectivity index (χ4n) is 3.97. The molecular formula is C27H37NO4Sn. The summed E-state index contributed by atoms with van der Waals surface area (Å²) in [7, 11) is 0. The topological polar surface area (TPSA) is 69.4 Å². The summed E-state index contributed by atoms with van der Waals surface area (Å²) >= 11 is -3.08. The van der Waals surface area contributed by atoms with Crippen LogP contribution in [0.3, 0.4) is 0 Å². The average Bonchev–Trinajstić information content (AvgIpc) is 2.84. The van der Waals surface area contributed by atoms with Crippen molar-refractivity contribution in [2.45, 2.75) is 72.6 Å². The Hall–Kier alpha value is -2.15. The molecule has 2 aromatic carbocycles. The van der Waals surface area contributed by atoms with Gasteiger partial charge in [-0.2, -0.15) is 0 Å². The van der Waals surface area contributed by atoms with E-state index in [0.29, 0.717) is 16.8 Å². The number of nitrogens with zero attached hydrogens (tertiary/aromatic N) is 1. The monoisotopic (exact) mass is 559 g/mol. The molecule has 0 bridgehead atoms. The van der Waals surface area contributed by atoms with Gasteiger partial charge in [-0.05, 0) is 0 Å². The summed E-state index contributed by atoms with van der Waals surface area (Å²) < 4.78 is 9.57. The summed E-state index contributed by atoms with van der Waals surface area (Å²) in [5.41, 5.74) is 1.82. The van der Waals surface area contributed by atoms with Crippen molar-refractivity contribution in [2.75, 3.05) is 0 Å². The Balaban J connectivity index is 2.23. The summed E-state index contributed by atoms with van der Waals surface area (Å²) in [4.78, 5) is 25.4. The molecule has 0 aliphatic carbocycles. The van der Waals surface area contributed by atoms with Gasteiger partial charge >= 0.3 is 203 Å². The van der Waals surface area contributed by atoms with E-state index in [4.69, 9.17) is 3.17 Å². The first-order valence-corrected chi connectivity index (χ1v) is 19.4. The molecule has 0 spiro atoms. The van der Waals surface area contributed by atoms with Crippen molar-refractivity contribution in [3.8, 4) is 0 Å². The maximum atomic E-state index is 13.0. The normalized spacial score (nSPS) is 11.9. The van der Waals surface area contributed by atoms with Crippen LogP contribution in [0.15, 0.2) is 54.6 Å². The van der Waals surface area contributed by atoms with Gasteiger partial charge in [0.25, 0.3) is 0 Å². The van der Waals surface area contributed by atoms with Crippen molar-refractivity contribution in [3.05, 3.63) is 70.6 Å². The van der Waals surface area contributed by atoms with Crippen LogP contribution in [-0.2, 0) is 7.97 Å². The van der Waals surface area contributed by atoms with E-state index >= 15 is 0 Å². The molecule has 0 saturated heterocycles. The Bertz CT molecular complexity index is 888. The van der Waals surface area contributed by atoms with Crippen molar-refractivity contribution >= 4 is 42.1 Å². The van der Waals surface area contributed by atoms with Gasteiger partial charge in [-0.25, -0.2) is 0 Å². The van der Waals surface area contributed by atoms with Gasteiger partial charge in [0.1, 0.15) is 0 Å². The number of carboxylic acids is 1. The van der Waals surface area contributed by atoms with Crippen molar-refractivity contribution in [1.29, 1.82) is 0 Å². The molecule has 2 aromatic rings. The molecule has 0 amide bonds. The molecule has 0 aliphatic heterocycles. The van der Waals surface area contributed by atoms with Crippen molar-refractivity contribution in [2.24, 2.45) is 0 Å². The molecule has 5 nitrogen and oxygen atoms in total. The number of benzene rings is 2. The summed E-state index contributed by atoms with van der Waals surface area (Å²) in [6.07, 6.45) is 8.26. The number of aliphatic carboxylic acids is 1. The summed E-state index contributed by atoms with van der Waals surface area (Å²) in [5, 5.41) is 11.6. The molecule has 0 radical (unpaired) electrons. The molecule has 33 heavy (non-hydrogen) atoms. The predicted molar refractivity (Wildman–Crippen MR) is 135 cm³/mol. The standard InChI is InChI=1S/C15H11NO4.3C4H9.Sn/c17-15(18)14(12-4-2-1-3-5-12)10-11-6-8-13(9-7-11)16(19)20;3*1-3-4-2;/h1-10H,(H,17,18);3*1,3-4H2,2H3;/q;;;;+1/p-1/b14-10-;;;;. The zero-order chi connectivity index (χ0) is 24.1. The summed E-state index contributed by atoms with van der Waals surface area (Å²) in [5.74, 6) is -1.24. The second-order valence-corrected chi connectivity index (χ2v) is 20.2. The molecule has 0 N–H and O–H groups in total. The molecule has 2 rings (SSSR count). The Kier molecular flexibility index (Phi) is 11.6. The Morgan fingerprint density at radius 2 is 1.39 bits per heavy atom. The van der Waals surface area contributed by atoms with E-state index in [1.54, 1.807) is 54.6 Å². The van der Waals surface area contributed by atoms with Gasteiger partial charge in [-0.15, -0.1) is 0 Å². The average molecular weight is 558 g/mol. The molecule has 0 unspecified atom stereocenters. The SMILES string of the molecule is CCC[CH2][Sn]([CH2]CCC)([CH2]CCC)[O][N+](=O)c1ccc(/C=C(\C(=O)[O-])c2ccccc2)cc1. The van der Waals surface area contributed by atoms with Crippen LogP contribution in [0.5, 0.6) is 0 Å². The summed E-state index contributed by atoms with van der Waals surface area (Å²) in [6, 6.07) is 15.8. The van der Waals surface area contributed by atoms with Gasteiger partial charge in [0, 0.05) is 0 Å². The van der Waals surface area contributed by atoms with E-state index in [0.717, 1.165) is 56.8 Å². The van der Waals surface area contributed by atoms with Crippen LogP contribution in [-0.4, -0.2) is 29.7 Å². The van der Waals surface area contributed by atoms with Crippen molar-refractivity contribution in [3.63, 3.8) is 0 Å². The number of carboxylic acid groups (broad SMARTS) is 1. The maximum absolute atomic E-state index is 13.0. The van der Waals surface area contributed by atoms with E-state index in [1.807, 2.05) is 6.07 Å². The molecule has 0 aliphatic rings. The van der Waals surface area contributed by atoms with Crippen molar-refractivity contribution < 1.29 is 18.0 Å². The van der Waals surface area contributed by atoms with Crippen LogP contribution in [0.1, 0.15) is 70.4 Å². The van der Waals surface area contributed by atoms with Crippen molar-refractivity contribution in [1.82, 2.24) is 0 Å². The number of unbranched alkanes of at least 4 members (excludes halogenated alkanes) is 3. The van der Waals surface area contributed by atoms with Gasteiger partial charge < -0.3 is 0 Å². The second kappa shape index (κ2) is 14.2. The third kappa shape index (κ3) is 8.61. The van der Waals surface area contributed by atoms with Crippen LogP contribution in [0, 0.1) is 4.91 Å². The zero-order valence-corrected chi connectivity index (χ0v) is 23.1. The third-order valence-electron chi connectivity index (χ3n) is 5.95. The van der Waals surface area contributed by atoms with Crippen LogP contribution >= 0.6 is 0 Å². The first kappa shape index (κ1) is 27.1. The number of carbonyl (C=O) groups excluding carboxylic acids is 1. The molecule has 0 atom stereocenters. The zero-order valence-electron chi connectivity index (χ0n) is 20.2. The number of rotatable bonds is 15. The molecule has 178 valence electrons. The molecule has 0 fully saturated rings. The Morgan fingerprint density at radius 1 is 0.879 bits per heavy atom. The fourth-order valence-corrected chi connectivity index (χ4v) is 16.7. The predicted octanol–water partition coefficient (Wildman–Crippen LogP) is 6.66. The Morgan fingerprint density at radius 3 is 1.85 bits per heavy atom. The Labute approximate surface area is 202 Å². The van der Waals surface area contributed by atoms with E-state index in [1.165, 1.54) is 0 Å². The fraction of sp³-hybridized carbons (Fsp3) is 0.444. The minimum absolute atomic E-state index is 0.104. The van der Waals surface area contributed by atoms with Crippen LogP contribution in [0.4, 0.5) is 5.69 Å². The van der Waals surface area contributed by atoms with Crippen LogP contribution in [0.2, 0.25) is 13.3 Å². The molecule has 0 heterocycles. The number of hydrogen-bond donors (Lipinski definition) is 0. The van der Waals surface area contributed by atoms with Crippen LogP contribution < -0.4 is 5.11 Å². The van der Waals surface area contributed by atoms with Gasteiger partial charge in [-0.1, -0.05) is 0 Å². The van der Waals surface area contributed by atoms with Gasteiger partial charge in [0.2, 0.25) is 0 Å². The van der Waals surface area contributed by atoms with E-state index in [9.17, 15) is 14.8 Å². The number of carbonyl (C=O) groups is 1. The minimum atomic E-state index is -3.08. The molecule has 0 saturated carbocycles. The number of hydrogen-bond acceptors (Lipinski definition) is 4. The van der Waals surface area contributed by atoms with Gasteiger partial charge in [0.15, 0.2) is 0 Å². The van der Waals surface area contributed by atoms with Crippen LogP contribution in [0.25, 0.3) is 11.6 Å². The second-order valence-electron chi connectivity index (χ2n) is 8.65. The van der Waals surface area contributed by atoms with E-state index < -0.39 is 24.8 Å². The third-order valence-corrected chi connectivity index (χ3v) is 18.4. The molecule has 0 aromatic heterocycles. The quantitative estimate of drug-likeness (QED) is 0.106. The van der Waals surface area contributed by atoms with E-state index in [-0.39, 0.29) is 5.57 Å². The molecular weight excluding hydrogens is 521 g/mol. The molecule has 6 heteroatoms. The van der Waals surface area contributed by atoms with Gasteiger partial charge in [0.05, 0.1) is 0 Å². The first-order chi connectivity index (χ1) is 15.9.